The zero-order chi connectivity index (χ0) is 29.6. The molecule has 7 nitrogen and oxygen atoms in total. The molecular formula is C38H25N7. The van der Waals surface area contributed by atoms with Crippen LogP contribution in [0.25, 0.3) is 78.5 Å². The molecule has 10 rings (SSSR count). The number of pyridine rings is 1. The molecule has 0 bridgehead atoms. The molecule has 0 spiro atoms. The summed E-state index contributed by atoms with van der Waals surface area (Å²) in [5.74, 6) is 3.23. The van der Waals surface area contributed by atoms with Crippen molar-refractivity contribution in [3.63, 3.8) is 0 Å². The van der Waals surface area contributed by atoms with Crippen LogP contribution in [0, 0.1) is 6.92 Å². The van der Waals surface area contributed by atoms with Gasteiger partial charge in [-0.1, -0.05) is 78.4 Å². The average molecular weight is 580 g/mol. The molecule has 0 amide bonds. The van der Waals surface area contributed by atoms with Crippen LogP contribution < -0.4 is 0 Å². The van der Waals surface area contributed by atoms with E-state index in [2.05, 4.69) is 146 Å². The molecule has 0 aliphatic carbocycles. The van der Waals surface area contributed by atoms with Crippen LogP contribution in [-0.4, -0.2) is 32.9 Å². The number of para-hydroxylation sites is 8. The van der Waals surface area contributed by atoms with Gasteiger partial charge in [0.1, 0.15) is 11.6 Å². The van der Waals surface area contributed by atoms with Crippen LogP contribution >= 0.6 is 0 Å². The minimum Gasteiger partial charge on any atom is -0.276 e. The lowest BCUT2D eigenvalue weighted by Crippen LogP contribution is -2.05. The van der Waals surface area contributed by atoms with Crippen molar-refractivity contribution in [3.05, 3.63) is 139 Å². The summed E-state index contributed by atoms with van der Waals surface area (Å²) in [7, 11) is 0. The Kier molecular flexibility index (Phi) is 4.80. The van der Waals surface area contributed by atoms with Crippen LogP contribution in [0.15, 0.2) is 133 Å². The highest BCUT2D eigenvalue weighted by atomic mass is 15.3. The first kappa shape index (κ1) is 24.3. The second-order valence-electron chi connectivity index (χ2n) is 11.6. The zero-order valence-corrected chi connectivity index (χ0v) is 24.3. The van der Waals surface area contributed by atoms with E-state index in [9.17, 15) is 0 Å². The maximum atomic E-state index is 5.42. The van der Waals surface area contributed by atoms with E-state index in [1.54, 1.807) is 0 Å². The molecule has 5 heterocycles. The van der Waals surface area contributed by atoms with Crippen LogP contribution in [0.3, 0.4) is 0 Å². The lowest BCUT2D eigenvalue weighted by molar-refractivity contribution is 0.983. The highest BCUT2D eigenvalue weighted by molar-refractivity contribution is 5.93. The van der Waals surface area contributed by atoms with E-state index in [0.29, 0.717) is 0 Å². The van der Waals surface area contributed by atoms with Crippen molar-refractivity contribution in [2.75, 3.05) is 0 Å². The van der Waals surface area contributed by atoms with E-state index in [1.165, 1.54) is 5.56 Å². The monoisotopic (exact) mass is 579 g/mol. The number of nitrogens with zero attached hydrogens (tertiary/aromatic N) is 7. The molecule has 0 fully saturated rings. The van der Waals surface area contributed by atoms with Gasteiger partial charge in [-0.15, -0.1) is 0 Å². The number of rotatable bonds is 3. The van der Waals surface area contributed by atoms with Gasteiger partial charge < -0.3 is 0 Å². The third kappa shape index (κ3) is 3.37. The molecule has 45 heavy (non-hydrogen) atoms. The molecule has 5 aromatic heterocycles. The quantitative estimate of drug-likeness (QED) is 0.211. The van der Waals surface area contributed by atoms with Gasteiger partial charge in [-0.2, -0.15) is 0 Å². The van der Waals surface area contributed by atoms with Crippen molar-refractivity contribution < 1.29 is 0 Å². The molecule has 0 N–H and O–H groups in total. The van der Waals surface area contributed by atoms with E-state index >= 15 is 0 Å². The molecule has 0 saturated carbocycles. The van der Waals surface area contributed by atoms with E-state index in [-0.39, 0.29) is 0 Å². The fourth-order valence-electron chi connectivity index (χ4n) is 6.80. The van der Waals surface area contributed by atoms with Gasteiger partial charge >= 0.3 is 0 Å². The third-order valence-corrected chi connectivity index (χ3v) is 8.85. The Morgan fingerprint density at radius 3 is 1.31 bits per heavy atom. The molecule has 0 radical (unpaired) electrons. The minimum atomic E-state index is 0.789. The van der Waals surface area contributed by atoms with Gasteiger partial charge in [0.2, 0.25) is 11.6 Å². The van der Waals surface area contributed by atoms with Gasteiger partial charge in [-0.25, -0.2) is 15.0 Å². The van der Waals surface area contributed by atoms with E-state index in [4.69, 9.17) is 15.0 Å². The van der Waals surface area contributed by atoms with E-state index < -0.39 is 0 Å². The molecule has 10 aromatic rings. The van der Waals surface area contributed by atoms with Crippen LogP contribution in [-0.2, 0) is 0 Å². The minimum absolute atomic E-state index is 0.789. The number of aryl methyl sites for hydroxylation is 1. The van der Waals surface area contributed by atoms with Crippen molar-refractivity contribution in [3.8, 4) is 22.8 Å². The molecule has 7 heteroatoms. The molecule has 0 unspecified atom stereocenters. The standard InChI is InChI=1S/C38H25N7/c1-24-18-20-25(21-19-24)26-22-35(44-33-16-8-6-14-31(33)42-29-12-4-2-10-27(29)39-37(42)44)41-36(23-26)45-34-17-9-7-15-32(34)43-30-13-5-3-11-28(30)40-38(43)45/h2-23H,1H3. The molecule has 0 aliphatic rings. The summed E-state index contributed by atoms with van der Waals surface area (Å²) in [5.41, 5.74) is 11.7. The lowest BCUT2D eigenvalue weighted by Gasteiger charge is -2.13. The Morgan fingerprint density at radius 1 is 0.400 bits per heavy atom. The first-order valence-corrected chi connectivity index (χ1v) is 15.1. The van der Waals surface area contributed by atoms with Crippen molar-refractivity contribution in [2.24, 2.45) is 0 Å². The van der Waals surface area contributed by atoms with Gasteiger partial charge in [0.25, 0.3) is 0 Å². The van der Waals surface area contributed by atoms with E-state index in [0.717, 1.165) is 78.5 Å². The highest BCUT2D eigenvalue weighted by Gasteiger charge is 2.22. The Bertz CT molecular complexity index is 2610. The first-order valence-electron chi connectivity index (χ1n) is 15.1. The van der Waals surface area contributed by atoms with Gasteiger partial charge in [-0.05, 0) is 78.7 Å². The predicted octanol–water partition coefficient (Wildman–Crippen LogP) is 8.55. The Labute approximate surface area is 256 Å². The number of hydrogen-bond donors (Lipinski definition) is 0. The Morgan fingerprint density at radius 2 is 0.822 bits per heavy atom. The maximum Gasteiger partial charge on any atom is 0.221 e. The summed E-state index contributed by atoms with van der Waals surface area (Å²) in [6.07, 6.45) is 0. The largest absolute Gasteiger partial charge is 0.276 e. The van der Waals surface area contributed by atoms with Gasteiger partial charge in [0.05, 0.1) is 44.1 Å². The van der Waals surface area contributed by atoms with Crippen molar-refractivity contribution in [2.45, 2.75) is 6.92 Å². The summed E-state index contributed by atoms with van der Waals surface area (Å²) >= 11 is 0. The van der Waals surface area contributed by atoms with Crippen LogP contribution in [0.1, 0.15) is 5.56 Å². The second kappa shape index (κ2) is 8.90. The van der Waals surface area contributed by atoms with Crippen molar-refractivity contribution in [1.29, 1.82) is 0 Å². The molecule has 5 aromatic carbocycles. The third-order valence-electron chi connectivity index (χ3n) is 8.85. The average Bonchev–Trinajstić information content (AvgIpc) is 3.81. The van der Waals surface area contributed by atoms with Crippen molar-refractivity contribution >= 4 is 55.7 Å². The number of imidazole rings is 4. The van der Waals surface area contributed by atoms with Crippen LogP contribution in [0.2, 0.25) is 0 Å². The lowest BCUT2D eigenvalue weighted by atomic mass is 10.0. The number of benzene rings is 5. The summed E-state index contributed by atoms with van der Waals surface area (Å²) in [6, 6.07) is 46.5. The molecule has 212 valence electrons. The summed E-state index contributed by atoms with van der Waals surface area (Å²) in [6.45, 7) is 2.12. The second-order valence-corrected chi connectivity index (χ2v) is 11.6. The number of hydrogen-bond acceptors (Lipinski definition) is 3. The number of fused-ring (bicyclic) bond motifs is 10. The van der Waals surface area contributed by atoms with Crippen LogP contribution in [0.4, 0.5) is 0 Å². The predicted molar refractivity (Wildman–Crippen MR) is 181 cm³/mol. The van der Waals surface area contributed by atoms with Gasteiger partial charge in [0, 0.05) is 0 Å². The van der Waals surface area contributed by atoms with Gasteiger partial charge in [0.15, 0.2) is 0 Å². The molecular weight excluding hydrogens is 554 g/mol. The summed E-state index contributed by atoms with van der Waals surface area (Å²) in [4.78, 5) is 15.7. The fraction of sp³-hybridized carbons (Fsp3) is 0.0263. The highest BCUT2D eigenvalue weighted by Crippen LogP contribution is 2.34. The molecule has 0 saturated heterocycles. The Balaban J connectivity index is 1.35. The number of aromatic nitrogens is 7. The Hall–Kier alpha value is -6.21. The molecule has 0 aliphatic heterocycles. The summed E-state index contributed by atoms with van der Waals surface area (Å²) in [5, 5.41) is 0. The normalized spacial score (nSPS) is 12.1. The SMILES string of the molecule is Cc1ccc(-c2cc(-n3c4ccccc4n4c5ccccc5nc34)nc(-n3c4ccccc4n4c5ccccc5nc34)c2)cc1. The first-order chi connectivity index (χ1) is 22.2. The fourth-order valence-corrected chi connectivity index (χ4v) is 6.80. The maximum absolute atomic E-state index is 5.42. The topological polar surface area (TPSA) is 57.4 Å². The smallest absolute Gasteiger partial charge is 0.221 e. The van der Waals surface area contributed by atoms with Gasteiger partial charge in [-0.3, -0.25) is 17.9 Å². The van der Waals surface area contributed by atoms with Crippen LogP contribution in [0.5, 0.6) is 0 Å². The summed E-state index contributed by atoms with van der Waals surface area (Å²) < 4.78 is 8.83. The van der Waals surface area contributed by atoms with Crippen molar-refractivity contribution in [1.82, 2.24) is 32.9 Å². The van der Waals surface area contributed by atoms with E-state index in [1.807, 2.05) is 12.1 Å². The molecule has 0 atom stereocenters. The zero-order valence-electron chi connectivity index (χ0n) is 24.3.